The quantitative estimate of drug-likeness (QED) is 0.302. The van der Waals surface area contributed by atoms with Gasteiger partial charge >= 0.3 is 0 Å². The number of ether oxygens (including phenoxy) is 1. The van der Waals surface area contributed by atoms with Gasteiger partial charge in [0.2, 0.25) is 11.8 Å². The molecule has 0 fully saturated rings. The molecule has 3 aromatic rings. The Balaban J connectivity index is 1.39. The molecule has 6 heteroatoms. The van der Waals surface area contributed by atoms with E-state index in [1.165, 1.54) is 5.56 Å². The van der Waals surface area contributed by atoms with Crippen LogP contribution in [0.25, 0.3) is 0 Å². The van der Waals surface area contributed by atoms with Gasteiger partial charge in [0, 0.05) is 29.5 Å². The summed E-state index contributed by atoms with van der Waals surface area (Å²) >= 11 is 0. The number of nitrogens with one attached hydrogen (secondary N) is 3. The van der Waals surface area contributed by atoms with E-state index in [4.69, 9.17) is 4.74 Å². The van der Waals surface area contributed by atoms with Crippen molar-refractivity contribution in [2.45, 2.75) is 33.1 Å². The molecule has 0 spiro atoms. The Kier molecular flexibility index (Phi) is 9.52. The molecular formula is C28H33N3O3. The lowest BCUT2D eigenvalue weighted by atomic mass is 10.1. The van der Waals surface area contributed by atoms with E-state index in [2.05, 4.69) is 28.1 Å². The SMILES string of the molecule is CC(C)CC(=O)Nc1ccc(NC(=O)CNc2cccc(OCCCc3ccccc3)c2)cc1. The van der Waals surface area contributed by atoms with Gasteiger partial charge in [0.15, 0.2) is 0 Å². The van der Waals surface area contributed by atoms with Crippen LogP contribution in [-0.2, 0) is 16.0 Å². The molecule has 0 bridgehead atoms. The minimum absolute atomic E-state index is 0.0154. The molecule has 0 heterocycles. The van der Waals surface area contributed by atoms with E-state index in [0.29, 0.717) is 30.3 Å². The zero-order valence-corrected chi connectivity index (χ0v) is 19.8. The van der Waals surface area contributed by atoms with Gasteiger partial charge in [0.05, 0.1) is 13.2 Å². The zero-order valence-electron chi connectivity index (χ0n) is 19.8. The Bertz CT molecular complexity index is 1050. The maximum atomic E-state index is 12.3. The van der Waals surface area contributed by atoms with Crippen LogP contribution < -0.4 is 20.7 Å². The van der Waals surface area contributed by atoms with E-state index < -0.39 is 0 Å². The van der Waals surface area contributed by atoms with E-state index in [-0.39, 0.29) is 18.4 Å². The van der Waals surface area contributed by atoms with Crippen LogP contribution in [0.3, 0.4) is 0 Å². The zero-order chi connectivity index (χ0) is 24.2. The van der Waals surface area contributed by atoms with Crippen LogP contribution in [0.5, 0.6) is 5.75 Å². The number of hydrogen-bond acceptors (Lipinski definition) is 4. The molecule has 0 aliphatic heterocycles. The molecule has 0 unspecified atom stereocenters. The van der Waals surface area contributed by atoms with Gasteiger partial charge in [0.25, 0.3) is 0 Å². The topological polar surface area (TPSA) is 79.5 Å². The molecule has 178 valence electrons. The smallest absolute Gasteiger partial charge is 0.243 e. The number of rotatable bonds is 12. The molecule has 2 amide bonds. The van der Waals surface area contributed by atoms with Crippen molar-refractivity contribution in [2.24, 2.45) is 5.92 Å². The third-order valence-electron chi connectivity index (χ3n) is 5.05. The number of amides is 2. The van der Waals surface area contributed by atoms with Gasteiger partial charge in [-0.1, -0.05) is 50.2 Å². The summed E-state index contributed by atoms with van der Waals surface area (Å²) < 4.78 is 5.86. The molecule has 0 aromatic heterocycles. The summed E-state index contributed by atoms with van der Waals surface area (Å²) in [7, 11) is 0. The first-order valence-corrected chi connectivity index (χ1v) is 11.7. The number of aryl methyl sites for hydroxylation is 1. The average molecular weight is 460 g/mol. The fourth-order valence-corrected chi connectivity index (χ4v) is 3.41. The Morgan fingerprint density at radius 3 is 2.15 bits per heavy atom. The van der Waals surface area contributed by atoms with E-state index in [9.17, 15) is 9.59 Å². The summed E-state index contributed by atoms with van der Waals surface area (Å²) in [5.41, 5.74) is 3.50. The lowest BCUT2D eigenvalue weighted by Crippen LogP contribution is -2.21. The number of carbonyl (C=O) groups excluding carboxylic acids is 2. The Morgan fingerprint density at radius 2 is 1.47 bits per heavy atom. The maximum Gasteiger partial charge on any atom is 0.243 e. The summed E-state index contributed by atoms with van der Waals surface area (Å²) in [5.74, 6) is 0.899. The fraction of sp³-hybridized carbons (Fsp3) is 0.286. The van der Waals surface area contributed by atoms with E-state index >= 15 is 0 Å². The highest BCUT2D eigenvalue weighted by molar-refractivity contribution is 5.94. The van der Waals surface area contributed by atoms with Gasteiger partial charge in [0.1, 0.15) is 5.75 Å². The van der Waals surface area contributed by atoms with Crippen molar-refractivity contribution in [1.29, 1.82) is 0 Å². The molecule has 3 rings (SSSR count). The molecule has 0 aliphatic carbocycles. The van der Waals surface area contributed by atoms with Gasteiger partial charge in [-0.3, -0.25) is 9.59 Å². The van der Waals surface area contributed by atoms with Crippen molar-refractivity contribution in [3.05, 3.63) is 84.4 Å². The van der Waals surface area contributed by atoms with Gasteiger partial charge in [-0.2, -0.15) is 0 Å². The van der Waals surface area contributed by atoms with Crippen LogP contribution >= 0.6 is 0 Å². The fourth-order valence-electron chi connectivity index (χ4n) is 3.41. The van der Waals surface area contributed by atoms with Gasteiger partial charge in [-0.25, -0.2) is 0 Å². The normalized spacial score (nSPS) is 10.6. The second-order valence-corrected chi connectivity index (χ2v) is 8.59. The van der Waals surface area contributed by atoms with E-state index in [0.717, 1.165) is 24.3 Å². The first-order valence-electron chi connectivity index (χ1n) is 11.7. The minimum atomic E-state index is -0.161. The number of hydrogen-bond donors (Lipinski definition) is 3. The highest BCUT2D eigenvalue weighted by Gasteiger charge is 2.07. The van der Waals surface area contributed by atoms with Gasteiger partial charge in [-0.15, -0.1) is 0 Å². The summed E-state index contributed by atoms with van der Waals surface area (Å²) in [6.07, 6.45) is 2.39. The van der Waals surface area contributed by atoms with Crippen LogP contribution in [0.15, 0.2) is 78.9 Å². The van der Waals surface area contributed by atoms with Crippen LogP contribution in [0.4, 0.5) is 17.1 Å². The second-order valence-electron chi connectivity index (χ2n) is 8.59. The monoisotopic (exact) mass is 459 g/mol. The molecule has 0 saturated carbocycles. The lowest BCUT2D eigenvalue weighted by Gasteiger charge is -2.11. The number of carbonyl (C=O) groups is 2. The van der Waals surface area contributed by atoms with Crippen LogP contribution in [0, 0.1) is 5.92 Å². The molecule has 0 atom stereocenters. The van der Waals surface area contributed by atoms with Crippen LogP contribution in [-0.4, -0.2) is 25.0 Å². The Labute approximate surface area is 201 Å². The third kappa shape index (κ3) is 8.98. The molecule has 6 nitrogen and oxygen atoms in total. The van der Waals surface area contributed by atoms with Crippen molar-refractivity contribution in [3.63, 3.8) is 0 Å². The maximum absolute atomic E-state index is 12.3. The molecular weight excluding hydrogens is 426 g/mol. The molecule has 0 radical (unpaired) electrons. The van der Waals surface area contributed by atoms with Crippen LogP contribution in [0.2, 0.25) is 0 Å². The highest BCUT2D eigenvalue weighted by Crippen LogP contribution is 2.18. The Morgan fingerprint density at radius 1 is 0.794 bits per heavy atom. The minimum Gasteiger partial charge on any atom is -0.494 e. The van der Waals surface area contributed by atoms with Gasteiger partial charge < -0.3 is 20.7 Å². The van der Waals surface area contributed by atoms with Gasteiger partial charge in [-0.05, 0) is 60.7 Å². The van der Waals surface area contributed by atoms with Crippen molar-refractivity contribution >= 4 is 28.9 Å². The number of anilines is 3. The molecule has 0 saturated heterocycles. The lowest BCUT2D eigenvalue weighted by molar-refractivity contribution is -0.117. The molecule has 3 N–H and O–H groups in total. The number of benzene rings is 3. The predicted octanol–water partition coefficient (Wildman–Crippen LogP) is 5.73. The van der Waals surface area contributed by atoms with Crippen molar-refractivity contribution in [2.75, 3.05) is 29.1 Å². The Hall–Kier alpha value is -3.80. The van der Waals surface area contributed by atoms with E-state index in [1.54, 1.807) is 24.3 Å². The van der Waals surface area contributed by atoms with Crippen molar-refractivity contribution < 1.29 is 14.3 Å². The summed E-state index contributed by atoms with van der Waals surface area (Å²) in [4.78, 5) is 24.2. The molecule has 0 aliphatic rings. The highest BCUT2D eigenvalue weighted by atomic mass is 16.5. The summed E-state index contributed by atoms with van der Waals surface area (Å²) in [5, 5.41) is 8.84. The molecule has 3 aromatic carbocycles. The van der Waals surface area contributed by atoms with Crippen LogP contribution in [0.1, 0.15) is 32.3 Å². The average Bonchev–Trinajstić information content (AvgIpc) is 2.82. The second kappa shape index (κ2) is 13.0. The third-order valence-corrected chi connectivity index (χ3v) is 5.05. The standard InChI is InChI=1S/C28H33N3O3/c1-21(2)18-27(32)30-23-13-15-24(16-14-23)31-28(33)20-29-25-11-6-12-26(19-25)34-17-7-10-22-8-4-3-5-9-22/h3-6,8-9,11-16,19,21,29H,7,10,17-18,20H2,1-2H3,(H,30,32)(H,31,33). The van der Waals surface area contributed by atoms with Crippen molar-refractivity contribution in [3.8, 4) is 5.75 Å². The largest absolute Gasteiger partial charge is 0.494 e. The first kappa shape index (κ1) is 24.8. The van der Waals surface area contributed by atoms with Crippen molar-refractivity contribution in [1.82, 2.24) is 0 Å². The van der Waals surface area contributed by atoms with E-state index in [1.807, 2.05) is 56.3 Å². The molecule has 34 heavy (non-hydrogen) atoms. The first-order chi connectivity index (χ1) is 16.5. The summed E-state index contributed by atoms with van der Waals surface area (Å²) in [6.45, 7) is 4.77. The predicted molar refractivity (Wildman–Crippen MR) is 138 cm³/mol. The summed E-state index contributed by atoms with van der Waals surface area (Å²) in [6, 6.07) is 25.1.